The molecule has 8 nitrogen and oxygen atoms in total. The molecular weight excluding hydrogens is 402 g/mol. The van der Waals surface area contributed by atoms with E-state index in [9.17, 15) is 4.79 Å². The summed E-state index contributed by atoms with van der Waals surface area (Å²) in [5, 5.41) is 12.0. The van der Waals surface area contributed by atoms with Gasteiger partial charge in [-0.1, -0.05) is 29.8 Å². The summed E-state index contributed by atoms with van der Waals surface area (Å²) in [7, 11) is 1.88. The number of likely N-dealkylation sites (N-methyl/N-ethyl adjacent to an activating group) is 1. The molecule has 0 fully saturated rings. The SMILES string of the molecule is CN(CC(=O)Nc1cc(Cl)ccc1-n1cncn1)Cc1cnn(-c2ccccc2)c1. The predicted molar refractivity (Wildman–Crippen MR) is 115 cm³/mol. The average Bonchev–Trinajstić information content (AvgIpc) is 3.41. The van der Waals surface area contributed by atoms with E-state index in [4.69, 9.17) is 11.6 Å². The van der Waals surface area contributed by atoms with Gasteiger partial charge in [-0.05, 0) is 37.4 Å². The van der Waals surface area contributed by atoms with Crippen molar-refractivity contribution in [3.8, 4) is 11.4 Å². The number of aromatic nitrogens is 5. The molecule has 0 aliphatic carbocycles. The summed E-state index contributed by atoms with van der Waals surface area (Å²) in [6, 6.07) is 15.1. The molecule has 0 unspecified atom stereocenters. The van der Waals surface area contributed by atoms with E-state index in [1.165, 1.54) is 6.33 Å². The van der Waals surface area contributed by atoms with Crippen LogP contribution in [0.5, 0.6) is 0 Å². The quantitative estimate of drug-likeness (QED) is 0.495. The number of carbonyl (C=O) groups excluding carboxylic acids is 1. The second kappa shape index (κ2) is 8.89. The Morgan fingerprint density at radius 3 is 2.73 bits per heavy atom. The van der Waals surface area contributed by atoms with Crippen molar-refractivity contribution in [2.75, 3.05) is 18.9 Å². The molecule has 0 radical (unpaired) electrons. The highest BCUT2D eigenvalue weighted by Gasteiger charge is 2.13. The van der Waals surface area contributed by atoms with Gasteiger partial charge in [-0.25, -0.2) is 14.3 Å². The Morgan fingerprint density at radius 1 is 1.13 bits per heavy atom. The minimum Gasteiger partial charge on any atom is -0.323 e. The van der Waals surface area contributed by atoms with Gasteiger partial charge in [-0.2, -0.15) is 10.2 Å². The summed E-state index contributed by atoms with van der Waals surface area (Å²) in [6.07, 6.45) is 6.77. The highest BCUT2D eigenvalue weighted by molar-refractivity contribution is 6.31. The molecule has 2 aromatic carbocycles. The fraction of sp³-hybridized carbons (Fsp3) is 0.143. The maximum Gasteiger partial charge on any atom is 0.238 e. The zero-order valence-electron chi connectivity index (χ0n) is 16.3. The van der Waals surface area contributed by atoms with Crippen LogP contribution in [0, 0.1) is 0 Å². The van der Waals surface area contributed by atoms with Crippen LogP contribution < -0.4 is 5.32 Å². The third-order valence-corrected chi connectivity index (χ3v) is 4.66. The van der Waals surface area contributed by atoms with Gasteiger partial charge in [0.1, 0.15) is 12.7 Å². The normalized spacial score (nSPS) is 11.0. The maximum absolute atomic E-state index is 12.6. The molecule has 0 aliphatic heterocycles. The fourth-order valence-corrected chi connectivity index (χ4v) is 3.28. The monoisotopic (exact) mass is 421 g/mol. The Morgan fingerprint density at radius 2 is 1.97 bits per heavy atom. The van der Waals surface area contributed by atoms with Crippen molar-refractivity contribution < 1.29 is 4.79 Å². The van der Waals surface area contributed by atoms with Crippen LogP contribution in [-0.2, 0) is 11.3 Å². The third kappa shape index (κ3) is 4.73. The lowest BCUT2D eigenvalue weighted by Gasteiger charge is -2.16. The number of hydrogen-bond donors (Lipinski definition) is 1. The molecule has 0 spiro atoms. The number of carbonyl (C=O) groups is 1. The number of benzene rings is 2. The van der Waals surface area contributed by atoms with Crippen LogP contribution in [-0.4, -0.2) is 48.9 Å². The molecule has 0 aliphatic rings. The Labute approximate surface area is 178 Å². The summed E-state index contributed by atoms with van der Waals surface area (Å²) >= 11 is 6.11. The molecule has 0 bridgehead atoms. The van der Waals surface area contributed by atoms with Gasteiger partial charge in [0.15, 0.2) is 0 Å². The van der Waals surface area contributed by atoms with Crippen molar-refractivity contribution >= 4 is 23.2 Å². The molecule has 2 heterocycles. The van der Waals surface area contributed by atoms with Crippen LogP contribution in [0.15, 0.2) is 73.6 Å². The van der Waals surface area contributed by atoms with E-state index in [-0.39, 0.29) is 12.5 Å². The number of nitrogens with zero attached hydrogens (tertiary/aromatic N) is 6. The van der Waals surface area contributed by atoms with Crippen molar-refractivity contribution in [1.29, 1.82) is 0 Å². The molecule has 2 aromatic heterocycles. The Balaban J connectivity index is 1.39. The number of halogens is 1. The molecule has 1 N–H and O–H groups in total. The number of hydrogen-bond acceptors (Lipinski definition) is 5. The van der Waals surface area contributed by atoms with Crippen molar-refractivity contribution in [3.05, 3.63) is 84.2 Å². The van der Waals surface area contributed by atoms with Crippen LogP contribution in [0.25, 0.3) is 11.4 Å². The summed E-state index contributed by atoms with van der Waals surface area (Å²) in [5.74, 6) is -0.156. The van der Waals surface area contributed by atoms with Gasteiger partial charge < -0.3 is 5.32 Å². The lowest BCUT2D eigenvalue weighted by atomic mass is 10.2. The van der Waals surface area contributed by atoms with E-state index in [2.05, 4.69) is 20.5 Å². The zero-order chi connectivity index (χ0) is 20.9. The number of amides is 1. The van der Waals surface area contributed by atoms with Gasteiger partial charge in [0.2, 0.25) is 5.91 Å². The largest absolute Gasteiger partial charge is 0.323 e. The molecule has 30 heavy (non-hydrogen) atoms. The van der Waals surface area contributed by atoms with E-state index in [0.717, 1.165) is 11.3 Å². The molecule has 4 aromatic rings. The van der Waals surface area contributed by atoms with Crippen LogP contribution >= 0.6 is 11.6 Å². The smallest absolute Gasteiger partial charge is 0.238 e. The van der Waals surface area contributed by atoms with Crippen LogP contribution in [0.1, 0.15) is 5.56 Å². The Hall–Kier alpha value is -3.49. The van der Waals surface area contributed by atoms with E-state index in [1.54, 1.807) is 35.4 Å². The lowest BCUT2D eigenvalue weighted by Crippen LogP contribution is -2.30. The van der Waals surface area contributed by atoms with Gasteiger partial charge in [-0.3, -0.25) is 9.69 Å². The first-order valence-electron chi connectivity index (χ1n) is 9.30. The summed E-state index contributed by atoms with van der Waals surface area (Å²) in [6.45, 7) is 0.797. The Bertz CT molecular complexity index is 1130. The van der Waals surface area contributed by atoms with E-state index >= 15 is 0 Å². The topological polar surface area (TPSA) is 80.9 Å². The number of para-hydroxylation sites is 1. The molecule has 1 amide bonds. The Kier molecular flexibility index (Phi) is 5.87. The van der Waals surface area contributed by atoms with Crippen LogP contribution in [0.4, 0.5) is 5.69 Å². The first kappa shape index (κ1) is 19.8. The third-order valence-electron chi connectivity index (χ3n) is 4.42. The maximum atomic E-state index is 12.6. The van der Waals surface area contributed by atoms with Crippen molar-refractivity contribution in [1.82, 2.24) is 29.4 Å². The fourth-order valence-electron chi connectivity index (χ4n) is 3.11. The van der Waals surface area contributed by atoms with Gasteiger partial charge in [-0.15, -0.1) is 0 Å². The second-order valence-electron chi connectivity index (χ2n) is 6.85. The summed E-state index contributed by atoms with van der Waals surface area (Å²) < 4.78 is 3.40. The van der Waals surface area contributed by atoms with Gasteiger partial charge in [0.05, 0.1) is 29.8 Å². The zero-order valence-corrected chi connectivity index (χ0v) is 17.1. The number of nitrogens with one attached hydrogen (secondary N) is 1. The van der Waals surface area contributed by atoms with E-state index in [0.29, 0.717) is 22.9 Å². The lowest BCUT2D eigenvalue weighted by molar-refractivity contribution is -0.117. The van der Waals surface area contributed by atoms with Gasteiger partial charge in [0, 0.05) is 23.3 Å². The van der Waals surface area contributed by atoms with E-state index < -0.39 is 0 Å². The minimum atomic E-state index is -0.156. The average molecular weight is 422 g/mol. The highest BCUT2D eigenvalue weighted by Crippen LogP contribution is 2.24. The van der Waals surface area contributed by atoms with Crippen molar-refractivity contribution in [2.45, 2.75) is 6.54 Å². The van der Waals surface area contributed by atoms with Gasteiger partial charge in [0.25, 0.3) is 0 Å². The summed E-state index contributed by atoms with van der Waals surface area (Å²) in [4.78, 5) is 18.5. The number of anilines is 1. The molecular formula is C21H20ClN7O. The van der Waals surface area contributed by atoms with Crippen LogP contribution in [0.3, 0.4) is 0 Å². The van der Waals surface area contributed by atoms with E-state index in [1.807, 2.05) is 53.2 Å². The predicted octanol–water partition coefficient (Wildman–Crippen LogP) is 3.18. The van der Waals surface area contributed by atoms with Crippen LogP contribution in [0.2, 0.25) is 5.02 Å². The van der Waals surface area contributed by atoms with Gasteiger partial charge >= 0.3 is 0 Å². The summed E-state index contributed by atoms with van der Waals surface area (Å²) in [5.41, 5.74) is 3.27. The first-order valence-corrected chi connectivity index (χ1v) is 9.68. The second-order valence-corrected chi connectivity index (χ2v) is 7.29. The highest BCUT2D eigenvalue weighted by atomic mass is 35.5. The first-order chi connectivity index (χ1) is 14.6. The molecule has 0 saturated carbocycles. The van der Waals surface area contributed by atoms with Crippen molar-refractivity contribution in [2.24, 2.45) is 0 Å². The molecule has 4 rings (SSSR count). The standard InChI is InChI=1S/C21H20ClN7O/c1-27(11-16-10-24-28(12-16)18-5-3-2-4-6-18)13-21(30)26-19-9-17(22)7-8-20(19)29-15-23-14-25-29/h2-10,12,14-15H,11,13H2,1H3,(H,26,30). The molecule has 0 atom stereocenters. The van der Waals surface area contributed by atoms with Crippen molar-refractivity contribution in [3.63, 3.8) is 0 Å². The molecule has 9 heteroatoms. The minimum absolute atomic E-state index is 0.156. The number of rotatable bonds is 7. The molecule has 0 saturated heterocycles. The molecule has 152 valence electrons.